The fourth-order valence-corrected chi connectivity index (χ4v) is 2.78. The third-order valence-electron chi connectivity index (χ3n) is 3.72. The molecule has 0 atom stereocenters. The Balaban J connectivity index is 2.28. The van der Waals surface area contributed by atoms with Gasteiger partial charge in [0.25, 0.3) is 0 Å². The van der Waals surface area contributed by atoms with E-state index in [4.69, 9.17) is 11.6 Å². The van der Waals surface area contributed by atoms with Crippen molar-refractivity contribution in [2.24, 2.45) is 0 Å². The summed E-state index contributed by atoms with van der Waals surface area (Å²) in [5.74, 6) is 0.379. The third-order valence-corrected chi connectivity index (χ3v) is 3.93. The molecule has 0 saturated heterocycles. The van der Waals surface area contributed by atoms with Gasteiger partial charge in [-0.1, -0.05) is 37.3 Å². The molecule has 1 aromatic rings. The molecular weight excluding hydrogens is 266 g/mol. The van der Waals surface area contributed by atoms with Crippen molar-refractivity contribution in [3.63, 3.8) is 0 Å². The summed E-state index contributed by atoms with van der Waals surface area (Å²) in [4.78, 5) is 16.8. The highest BCUT2D eigenvalue weighted by Crippen LogP contribution is 2.31. The standard InChI is InChI=1S/C13H18ClN3O2/c1-16(10-6-4-2-3-5-7-10)13-11(17(18)19)8-9-12(14)15-13/h8-10H,2-7H2,1H3. The minimum absolute atomic E-state index is 0.0242. The van der Waals surface area contributed by atoms with Gasteiger partial charge in [-0.25, -0.2) is 4.98 Å². The summed E-state index contributed by atoms with van der Waals surface area (Å²) in [6.07, 6.45) is 6.95. The molecule has 1 saturated carbocycles. The van der Waals surface area contributed by atoms with Gasteiger partial charge in [-0.3, -0.25) is 10.1 Å². The zero-order valence-electron chi connectivity index (χ0n) is 11.0. The first-order valence-corrected chi connectivity index (χ1v) is 7.01. The Morgan fingerprint density at radius 1 is 1.32 bits per heavy atom. The van der Waals surface area contributed by atoms with Crippen LogP contribution in [0.4, 0.5) is 11.5 Å². The van der Waals surface area contributed by atoms with Crippen molar-refractivity contribution in [2.45, 2.75) is 44.6 Å². The highest BCUT2D eigenvalue weighted by molar-refractivity contribution is 6.29. The molecule has 0 radical (unpaired) electrons. The summed E-state index contributed by atoms with van der Waals surface area (Å²) in [6, 6.07) is 3.20. The minimum atomic E-state index is -0.397. The Hall–Kier alpha value is -1.36. The zero-order valence-corrected chi connectivity index (χ0v) is 11.8. The summed E-state index contributed by atoms with van der Waals surface area (Å²) < 4.78 is 0. The molecule has 1 fully saturated rings. The van der Waals surface area contributed by atoms with E-state index in [1.165, 1.54) is 37.8 Å². The van der Waals surface area contributed by atoms with Crippen LogP contribution in [0, 0.1) is 10.1 Å². The monoisotopic (exact) mass is 283 g/mol. The molecular formula is C13H18ClN3O2. The Bertz CT molecular complexity index is 459. The molecule has 0 unspecified atom stereocenters. The summed E-state index contributed by atoms with van der Waals surface area (Å²) in [7, 11) is 1.88. The SMILES string of the molecule is CN(c1nc(Cl)ccc1[N+](=O)[O-])C1CCCCCC1. The van der Waals surface area contributed by atoms with Gasteiger partial charge < -0.3 is 4.90 Å². The van der Waals surface area contributed by atoms with E-state index in [0.29, 0.717) is 17.0 Å². The summed E-state index contributed by atoms with van der Waals surface area (Å²) in [5, 5.41) is 11.4. The lowest BCUT2D eigenvalue weighted by Gasteiger charge is -2.27. The number of rotatable bonds is 3. The number of nitrogens with zero attached hydrogens (tertiary/aromatic N) is 3. The lowest BCUT2D eigenvalue weighted by Crippen LogP contribution is -2.32. The second-order valence-corrected chi connectivity index (χ2v) is 5.38. The maximum atomic E-state index is 11.1. The number of pyridine rings is 1. The molecule has 19 heavy (non-hydrogen) atoms. The van der Waals surface area contributed by atoms with Crippen LogP contribution in [0.15, 0.2) is 12.1 Å². The highest BCUT2D eigenvalue weighted by atomic mass is 35.5. The fraction of sp³-hybridized carbons (Fsp3) is 0.615. The lowest BCUT2D eigenvalue weighted by atomic mass is 10.1. The Morgan fingerprint density at radius 3 is 2.53 bits per heavy atom. The van der Waals surface area contributed by atoms with Crippen LogP contribution in [0.2, 0.25) is 5.15 Å². The average Bonchev–Trinajstić information content (AvgIpc) is 2.66. The van der Waals surface area contributed by atoms with E-state index < -0.39 is 4.92 Å². The van der Waals surface area contributed by atoms with Gasteiger partial charge in [-0.15, -0.1) is 0 Å². The van der Waals surface area contributed by atoms with Crippen molar-refractivity contribution in [3.8, 4) is 0 Å². The predicted octanol–water partition coefficient (Wildman–Crippen LogP) is 3.80. The van der Waals surface area contributed by atoms with Crippen molar-refractivity contribution < 1.29 is 4.92 Å². The van der Waals surface area contributed by atoms with Crippen LogP contribution in [0.1, 0.15) is 38.5 Å². The largest absolute Gasteiger partial charge is 0.351 e. The van der Waals surface area contributed by atoms with Crippen LogP contribution < -0.4 is 4.90 Å². The summed E-state index contributed by atoms with van der Waals surface area (Å²) >= 11 is 5.88. The predicted molar refractivity (Wildman–Crippen MR) is 75.8 cm³/mol. The normalized spacial score (nSPS) is 16.9. The van der Waals surface area contributed by atoms with Gasteiger partial charge >= 0.3 is 5.69 Å². The topological polar surface area (TPSA) is 59.3 Å². The van der Waals surface area contributed by atoms with Gasteiger partial charge in [0.05, 0.1) is 4.92 Å². The van der Waals surface area contributed by atoms with Crippen molar-refractivity contribution in [3.05, 3.63) is 27.4 Å². The van der Waals surface area contributed by atoms with E-state index in [2.05, 4.69) is 4.98 Å². The van der Waals surface area contributed by atoms with E-state index >= 15 is 0 Å². The van der Waals surface area contributed by atoms with Crippen LogP contribution in [-0.2, 0) is 0 Å². The second kappa shape index (κ2) is 6.19. The van der Waals surface area contributed by atoms with E-state index in [1.54, 1.807) is 0 Å². The van der Waals surface area contributed by atoms with Gasteiger partial charge in [-0.2, -0.15) is 0 Å². The first kappa shape index (κ1) is 14.1. The van der Waals surface area contributed by atoms with Crippen LogP contribution in [-0.4, -0.2) is 23.0 Å². The molecule has 0 amide bonds. The van der Waals surface area contributed by atoms with Crippen molar-refractivity contribution in [1.82, 2.24) is 4.98 Å². The number of halogens is 1. The Labute approximate surface area is 117 Å². The van der Waals surface area contributed by atoms with Gasteiger partial charge in [0, 0.05) is 19.2 Å². The average molecular weight is 284 g/mol. The zero-order chi connectivity index (χ0) is 13.8. The molecule has 0 aromatic carbocycles. The van der Waals surface area contributed by atoms with Crippen molar-refractivity contribution >= 4 is 23.1 Å². The molecule has 0 aliphatic heterocycles. The Morgan fingerprint density at radius 2 is 1.95 bits per heavy atom. The maximum Gasteiger partial charge on any atom is 0.311 e. The van der Waals surface area contributed by atoms with Crippen LogP contribution in [0.3, 0.4) is 0 Å². The molecule has 104 valence electrons. The van der Waals surface area contributed by atoms with Crippen LogP contribution in [0.25, 0.3) is 0 Å². The lowest BCUT2D eigenvalue weighted by molar-refractivity contribution is -0.384. The molecule has 0 N–H and O–H groups in total. The first-order valence-electron chi connectivity index (χ1n) is 6.63. The number of nitro groups is 1. The molecule has 0 bridgehead atoms. The number of aromatic nitrogens is 1. The van der Waals surface area contributed by atoms with Gasteiger partial charge in [0.1, 0.15) is 5.15 Å². The van der Waals surface area contributed by atoms with Crippen molar-refractivity contribution in [1.29, 1.82) is 0 Å². The molecule has 1 aliphatic rings. The van der Waals surface area contributed by atoms with E-state index in [-0.39, 0.29) is 5.69 Å². The second-order valence-electron chi connectivity index (χ2n) is 4.99. The first-order chi connectivity index (χ1) is 9.09. The quantitative estimate of drug-likeness (QED) is 0.366. The minimum Gasteiger partial charge on any atom is -0.351 e. The van der Waals surface area contributed by atoms with Gasteiger partial charge in [-0.05, 0) is 18.9 Å². The maximum absolute atomic E-state index is 11.1. The van der Waals surface area contributed by atoms with Crippen LogP contribution in [0.5, 0.6) is 0 Å². The van der Waals surface area contributed by atoms with Crippen molar-refractivity contribution in [2.75, 3.05) is 11.9 Å². The molecule has 2 rings (SSSR count). The molecule has 5 nitrogen and oxygen atoms in total. The van der Waals surface area contributed by atoms with E-state index in [1.807, 2.05) is 11.9 Å². The highest BCUT2D eigenvalue weighted by Gasteiger charge is 2.25. The molecule has 0 spiro atoms. The number of anilines is 1. The van der Waals surface area contributed by atoms with E-state index in [9.17, 15) is 10.1 Å². The van der Waals surface area contributed by atoms with E-state index in [0.717, 1.165) is 12.8 Å². The third kappa shape index (κ3) is 3.35. The molecule has 1 aromatic heterocycles. The summed E-state index contributed by atoms with van der Waals surface area (Å²) in [6.45, 7) is 0. The smallest absolute Gasteiger partial charge is 0.311 e. The Kier molecular flexibility index (Phi) is 4.58. The van der Waals surface area contributed by atoms with Gasteiger partial charge in [0.2, 0.25) is 5.82 Å². The molecule has 1 heterocycles. The number of hydrogen-bond acceptors (Lipinski definition) is 4. The molecule has 6 heteroatoms. The van der Waals surface area contributed by atoms with Gasteiger partial charge in [0.15, 0.2) is 0 Å². The summed E-state index contributed by atoms with van der Waals surface area (Å²) in [5.41, 5.74) is 0.0242. The number of hydrogen-bond donors (Lipinski definition) is 0. The van der Waals surface area contributed by atoms with Crippen LogP contribution >= 0.6 is 11.6 Å². The fourth-order valence-electron chi connectivity index (χ4n) is 2.64. The molecule has 1 aliphatic carbocycles.